The molecule has 0 saturated carbocycles. The van der Waals surface area contributed by atoms with Gasteiger partial charge in [-0.2, -0.15) is 0 Å². The number of hydrazine groups is 1. The van der Waals surface area contributed by atoms with E-state index in [1.165, 1.54) is 11.1 Å². The van der Waals surface area contributed by atoms with Crippen LogP contribution in [0.1, 0.15) is 21.6 Å². The molecule has 0 aliphatic carbocycles. The van der Waals surface area contributed by atoms with Gasteiger partial charge in [0.25, 0.3) is 5.91 Å². The Hall–Kier alpha value is -2.47. The summed E-state index contributed by atoms with van der Waals surface area (Å²) in [6, 6.07) is 11.3. The Labute approximate surface area is 110 Å². The number of amides is 1. The lowest BCUT2D eigenvalue weighted by Gasteiger charge is -2.14. The van der Waals surface area contributed by atoms with Crippen LogP contribution in [-0.2, 0) is 13.1 Å². The van der Waals surface area contributed by atoms with Gasteiger partial charge in [0.1, 0.15) is 0 Å². The quantitative estimate of drug-likeness (QED) is 0.615. The van der Waals surface area contributed by atoms with Crippen LogP contribution in [0.2, 0.25) is 0 Å². The maximum atomic E-state index is 12.3. The fraction of sp³-hybridized carbons (Fsp3) is 0.154. The molecule has 0 fully saturated rings. The lowest BCUT2D eigenvalue weighted by Crippen LogP contribution is -2.26. The lowest BCUT2D eigenvalue weighted by atomic mass is 10.1. The molecule has 0 bridgehead atoms. The molecule has 0 radical (unpaired) electrons. The number of benzene rings is 1. The molecule has 96 valence electrons. The number of rotatable bonds is 2. The van der Waals surface area contributed by atoms with Crippen molar-refractivity contribution < 1.29 is 4.79 Å². The van der Waals surface area contributed by atoms with E-state index in [-0.39, 0.29) is 5.91 Å². The number of hydrogen-bond donors (Lipinski definition) is 2. The lowest BCUT2D eigenvalue weighted by molar-refractivity contribution is 0.0744. The minimum Gasteiger partial charge on any atom is -0.329 e. The molecule has 1 amide bonds. The number of carbonyl (C=O) groups is 1. The van der Waals surface area contributed by atoms with Crippen molar-refractivity contribution in [3.63, 3.8) is 0 Å². The van der Waals surface area contributed by atoms with E-state index in [1.54, 1.807) is 17.0 Å². The van der Waals surface area contributed by atoms with E-state index in [9.17, 15) is 4.79 Å². The van der Waals surface area contributed by atoms with Crippen molar-refractivity contribution >= 4 is 11.7 Å². The molecule has 19 heavy (non-hydrogen) atoms. The molecule has 1 aliphatic rings. The van der Waals surface area contributed by atoms with Crippen LogP contribution in [0.25, 0.3) is 0 Å². The topological polar surface area (TPSA) is 84.1 Å². The first kappa shape index (κ1) is 11.6. The van der Waals surface area contributed by atoms with Gasteiger partial charge in [-0.15, -0.1) is 10.2 Å². The third-order valence-corrected chi connectivity index (χ3v) is 3.16. The van der Waals surface area contributed by atoms with Gasteiger partial charge in [-0.05, 0) is 23.3 Å². The molecule has 1 aromatic heterocycles. The van der Waals surface area contributed by atoms with Gasteiger partial charge in [-0.25, -0.2) is 5.84 Å². The predicted octanol–water partition coefficient (Wildman–Crippen LogP) is 0.918. The summed E-state index contributed by atoms with van der Waals surface area (Å²) >= 11 is 0. The number of fused-ring (bicyclic) bond motifs is 1. The van der Waals surface area contributed by atoms with Gasteiger partial charge in [-0.1, -0.05) is 24.3 Å². The highest BCUT2D eigenvalue weighted by atomic mass is 16.2. The standard InChI is InChI=1S/C13H13N5O/c14-15-12-6-5-11(16-17-12)13(19)18-7-9-3-1-2-4-10(9)8-18/h1-6H,7-8,14H2,(H,15,17). The summed E-state index contributed by atoms with van der Waals surface area (Å²) in [6.07, 6.45) is 0. The van der Waals surface area contributed by atoms with Crippen LogP contribution in [0.15, 0.2) is 36.4 Å². The Bertz CT molecular complexity index is 586. The zero-order valence-electron chi connectivity index (χ0n) is 10.2. The van der Waals surface area contributed by atoms with Crippen LogP contribution >= 0.6 is 0 Å². The average Bonchev–Trinajstić information content (AvgIpc) is 2.90. The second-order valence-corrected chi connectivity index (χ2v) is 4.38. The van der Waals surface area contributed by atoms with Gasteiger partial charge in [0.05, 0.1) is 0 Å². The Balaban J connectivity index is 1.79. The molecule has 3 rings (SSSR count). The van der Waals surface area contributed by atoms with Crippen molar-refractivity contribution in [1.29, 1.82) is 0 Å². The van der Waals surface area contributed by atoms with Gasteiger partial charge < -0.3 is 10.3 Å². The molecular weight excluding hydrogens is 242 g/mol. The SMILES string of the molecule is NNc1ccc(C(=O)N2Cc3ccccc3C2)nn1. The fourth-order valence-electron chi connectivity index (χ4n) is 2.16. The summed E-state index contributed by atoms with van der Waals surface area (Å²) in [7, 11) is 0. The van der Waals surface area contributed by atoms with E-state index in [1.807, 2.05) is 24.3 Å². The van der Waals surface area contributed by atoms with E-state index in [4.69, 9.17) is 5.84 Å². The molecule has 0 atom stereocenters. The summed E-state index contributed by atoms with van der Waals surface area (Å²) in [5, 5.41) is 7.68. The van der Waals surface area contributed by atoms with E-state index >= 15 is 0 Å². The van der Waals surface area contributed by atoms with E-state index in [0.717, 1.165) is 0 Å². The van der Waals surface area contributed by atoms with E-state index < -0.39 is 0 Å². The van der Waals surface area contributed by atoms with Gasteiger partial charge in [0, 0.05) is 13.1 Å². The predicted molar refractivity (Wildman–Crippen MR) is 69.9 cm³/mol. The number of anilines is 1. The van der Waals surface area contributed by atoms with Crippen molar-refractivity contribution in [3.8, 4) is 0 Å². The summed E-state index contributed by atoms with van der Waals surface area (Å²) in [6.45, 7) is 1.24. The number of carbonyl (C=O) groups excluding carboxylic acids is 1. The number of nitrogens with zero attached hydrogens (tertiary/aromatic N) is 3. The zero-order valence-corrected chi connectivity index (χ0v) is 10.2. The molecule has 0 unspecified atom stereocenters. The summed E-state index contributed by atoms with van der Waals surface area (Å²) in [4.78, 5) is 14.0. The van der Waals surface area contributed by atoms with Crippen LogP contribution in [0.4, 0.5) is 5.82 Å². The molecule has 1 aliphatic heterocycles. The normalized spacial score (nSPS) is 13.2. The first-order valence-corrected chi connectivity index (χ1v) is 5.94. The maximum absolute atomic E-state index is 12.3. The van der Waals surface area contributed by atoms with Crippen molar-refractivity contribution in [3.05, 3.63) is 53.2 Å². The molecule has 3 N–H and O–H groups in total. The van der Waals surface area contributed by atoms with Crippen LogP contribution in [-0.4, -0.2) is 21.0 Å². The number of aromatic nitrogens is 2. The average molecular weight is 255 g/mol. The minimum atomic E-state index is -0.118. The molecular formula is C13H13N5O. The van der Waals surface area contributed by atoms with Crippen molar-refractivity contribution in [2.45, 2.75) is 13.1 Å². The smallest absolute Gasteiger partial charge is 0.274 e. The van der Waals surface area contributed by atoms with Crippen molar-refractivity contribution in [1.82, 2.24) is 15.1 Å². The van der Waals surface area contributed by atoms with Crippen molar-refractivity contribution in [2.24, 2.45) is 5.84 Å². The molecule has 6 nitrogen and oxygen atoms in total. The molecule has 2 aromatic rings. The first-order chi connectivity index (χ1) is 9.28. The second-order valence-electron chi connectivity index (χ2n) is 4.38. The maximum Gasteiger partial charge on any atom is 0.274 e. The van der Waals surface area contributed by atoms with Crippen LogP contribution in [0.3, 0.4) is 0 Å². The molecule has 6 heteroatoms. The van der Waals surface area contributed by atoms with Gasteiger partial charge in [0.15, 0.2) is 11.5 Å². The Morgan fingerprint density at radius 1 is 1.11 bits per heavy atom. The Kier molecular flexibility index (Phi) is 2.85. The molecule has 0 saturated heterocycles. The highest BCUT2D eigenvalue weighted by molar-refractivity contribution is 5.92. The van der Waals surface area contributed by atoms with Gasteiger partial charge in [-0.3, -0.25) is 4.79 Å². The highest BCUT2D eigenvalue weighted by Crippen LogP contribution is 2.23. The third kappa shape index (κ3) is 2.13. The van der Waals surface area contributed by atoms with Gasteiger partial charge >= 0.3 is 0 Å². The molecule has 0 spiro atoms. The number of nitrogens with one attached hydrogen (secondary N) is 1. The van der Waals surface area contributed by atoms with Crippen LogP contribution in [0.5, 0.6) is 0 Å². The van der Waals surface area contributed by atoms with E-state index in [0.29, 0.717) is 24.6 Å². The monoisotopic (exact) mass is 255 g/mol. The zero-order chi connectivity index (χ0) is 13.2. The van der Waals surface area contributed by atoms with Crippen LogP contribution < -0.4 is 11.3 Å². The van der Waals surface area contributed by atoms with Gasteiger partial charge in [0.2, 0.25) is 0 Å². The summed E-state index contributed by atoms with van der Waals surface area (Å²) < 4.78 is 0. The number of nitrogens with two attached hydrogens (primary N) is 1. The fourth-order valence-corrected chi connectivity index (χ4v) is 2.16. The Morgan fingerprint density at radius 3 is 2.32 bits per heavy atom. The summed E-state index contributed by atoms with van der Waals surface area (Å²) in [5.41, 5.74) is 5.07. The Morgan fingerprint density at radius 2 is 1.79 bits per heavy atom. The largest absolute Gasteiger partial charge is 0.329 e. The number of hydrogen-bond acceptors (Lipinski definition) is 5. The van der Waals surface area contributed by atoms with Crippen molar-refractivity contribution in [2.75, 3.05) is 5.43 Å². The third-order valence-electron chi connectivity index (χ3n) is 3.16. The minimum absolute atomic E-state index is 0.118. The number of nitrogen functional groups attached to an aromatic ring is 1. The van der Waals surface area contributed by atoms with E-state index in [2.05, 4.69) is 15.6 Å². The second kappa shape index (κ2) is 4.66. The van der Waals surface area contributed by atoms with Crippen LogP contribution in [0, 0.1) is 0 Å². The molecule has 1 aromatic carbocycles. The summed E-state index contributed by atoms with van der Waals surface area (Å²) in [5.74, 6) is 5.52. The highest BCUT2D eigenvalue weighted by Gasteiger charge is 2.24. The first-order valence-electron chi connectivity index (χ1n) is 5.94. The molecule has 2 heterocycles.